The first-order chi connectivity index (χ1) is 13.0. The van der Waals surface area contributed by atoms with Crippen molar-refractivity contribution in [2.75, 3.05) is 32.5 Å². The second-order valence-electron chi connectivity index (χ2n) is 6.93. The van der Waals surface area contributed by atoms with Crippen LogP contribution in [0.15, 0.2) is 48.7 Å². The average Bonchev–Trinajstić information content (AvgIpc) is 3.08. The number of anilines is 1. The van der Waals surface area contributed by atoms with Gasteiger partial charge in [0.05, 0.1) is 0 Å². The van der Waals surface area contributed by atoms with Gasteiger partial charge in [0.15, 0.2) is 0 Å². The molecule has 27 heavy (non-hydrogen) atoms. The quantitative estimate of drug-likeness (QED) is 0.849. The summed E-state index contributed by atoms with van der Waals surface area (Å²) in [4.78, 5) is 32.1. The van der Waals surface area contributed by atoms with E-state index in [4.69, 9.17) is 0 Å². The standard InChI is InChI=1S/C20H25N5O2/c1-24(2)19(26)18-12-16(8-10-21-18)22-20(27)23-17-9-11-25(14-17)13-15-6-4-3-5-7-15/h3-8,10,12,17H,9,11,13-14H2,1-2H3,(H2,21,22,23,27). The predicted molar refractivity (Wildman–Crippen MR) is 105 cm³/mol. The van der Waals surface area contributed by atoms with Gasteiger partial charge in [-0.2, -0.15) is 0 Å². The van der Waals surface area contributed by atoms with Crippen molar-refractivity contribution >= 4 is 17.6 Å². The summed E-state index contributed by atoms with van der Waals surface area (Å²) in [5.74, 6) is -0.202. The van der Waals surface area contributed by atoms with Gasteiger partial charge in [-0.1, -0.05) is 30.3 Å². The Morgan fingerprint density at radius 1 is 1.22 bits per heavy atom. The van der Waals surface area contributed by atoms with E-state index < -0.39 is 0 Å². The molecule has 0 bridgehead atoms. The Hall–Kier alpha value is -2.93. The van der Waals surface area contributed by atoms with Gasteiger partial charge >= 0.3 is 6.03 Å². The minimum atomic E-state index is -0.268. The molecule has 3 rings (SSSR count). The maximum absolute atomic E-state index is 12.3. The van der Waals surface area contributed by atoms with Crippen molar-refractivity contribution in [3.05, 3.63) is 59.9 Å². The van der Waals surface area contributed by atoms with E-state index in [1.807, 2.05) is 18.2 Å². The summed E-state index contributed by atoms with van der Waals surface area (Å²) in [7, 11) is 3.33. The Morgan fingerprint density at radius 3 is 2.74 bits per heavy atom. The van der Waals surface area contributed by atoms with Crippen LogP contribution in [-0.2, 0) is 6.54 Å². The van der Waals surface area contributed by atoms with Crippen LogP contribution in [0, 0.1) is 0 Å². The number of aromatic nitrogens is 1. The molecule has 1 unspecified atom stereocenters. The van der Waals surface area contributed by atoms with E-state index in [1.54, 1.807) is 26.2 Å². The maximum atomic E-state index is 12.3. The van der Waals surface area contributed by atoms with Crippen LogP contribution < -0.4 is 10.6 Å². The Morgan fingerprint density at radius 2 is 2.00 bits per heavy atom. The summed E-state index contributed by atoms with van der Waals surface area (Å²) in [5.41, 5.74) is 2.12. The lowest BCUT2D eigenvalue weighted by Crippen LogP contribution is -2.39. The number of pyridine rings is 1. The van der Waals surface area contributed by atoms with Gasteiger partial charge in [0, 0.05) is 51.7 Å². The van der Waals surface area contributed by atoms with Crippen LogP contribution >= 0.6 is 0 Å². The highest BCUT2D eigenvalue weighted by Gasteiger charge is 2.24. The van der Waals surface area contributed by atoms with Crippen molar-refractivity contribution in [2.24, 2.45) is 0 Å². The van der Waals surface area contributed by atoms with E-state index in [1.165, 1.54) is 16.7 Å². The minimum Gasteiger partial charge on any atom is -0.343 e. The van der Waals surface area contributed by atoms with Gasteiger partial charge in [-0.25, -0.2) is 4.79 Å². The van der Waals surface area contributed by atoms with Crippen LogP contribution in [0.2, 0.25) is 0 Å². The summed E-state index contributed by atoms with van der Waals surface area (Å²) in [6.45, 7) is 2.67. The number of benzene rings is 1. The molecule has 1 aliphatic heterocycles. The van der Waals surface area contributed by atoms with Gasteiger partial charge in [-0.05, 0) is 24.1 Å². The summed E-state index contributed by atoms with van der Waals surface area (Å²) in [6, 6.07) is 13.4. The molecule has 0 saturated carbocycles. The molecule has 142 valence electrons. The molecule has 2 aromatic rings. The van der Waals surface area contributed by atoms with Crippen LogP contribution in [0.5, 0.6) is 0 Å². The molecule has 2 N–H and O–H groups in total. The topological polar surface area (TPSA) is 77.6 Å². The Labute approximate surface area is 159 Å². The third-order valence-corrected chi connectivity index (χ3v) is 4.50. The monoisotopic (exact) mass is 367 g/mol. The number of amides is 3. The van der Waals surface area contributed by atoms with Crippen LogP contribution in [-0.4, -0.2) is 59.9 Å². The van der Waals surface area contributed by atoms with Crippen molar-refractivity contribution in [1.29, 1.82) is 0 Å². The molecule has 1 aromatic carbocycles. The maximum Gasteiger partial charge on any atom is 0.319 e. The lowest BCUT2D eigenvalue weighted by atomic mass is 10.2. The molecular formula is C20H25N5O2. The molecular weight excluding hydrogens is 342 g/mol. The molecule has 1 fully saturated rings. The SMILES string of the molecule is CN(C)C(=O)c1cc(NC(=O)NC2CCN(Cc3ccccc3)C2)ccn1. The van der Waals surface area contributed by atoms with E-state index in [-0.39, 0.29) is 18.0 Å². The Balaban J connectivity index is 1.50. The number of urea groups is 1. The number of rotatable bonds is 5. The molecule has 7 nitrogen and oxygen atoms in total. The molecule has 2 heterocycles. The van der Waals surface area contributed by atoms with E-state index in [2.05, 4.69) is 32.7 Å². The van der Waals surface area contributed by atoms with Gasteiger partial charge < -0.3 is 15.5 Å². The smallest absolute Gasteiger partial charge is 0.319 e. The van der Waals surface area contributed by atoms with Crippen LogP contribution in [0.25, 0.3) is 0 Å². The number of nitrogens with one attached hydrogen (secondary N) is 2. The minimum absolute atomic E-state index is 0.110. The predicted octanol–water partition coefficient (Wildman–Crippen LogP) is 2.18. The van der Waals surface area contributed by atoms with Crippen molar-refractivity contribution in [3.8, 4) is 0 Å². The first kappa shape index (κ1) is 18.8. The lowest BCUT2D eigenvalue weighted by molar-refractivity contribution is 0.0822. The summed E-state index contributed by atoms with van der Waals surface area (Å²) < 4.78 is 0. The molecule has 0 radical (unpaired) electrons. The van der Waals surface area contributed by atoms with E-state index in [9.17, 15) is 9.59 Å². The summed E-state index contributed by atoms with van der Waals surface area (Å²) >= 11 is 0. The molecule has 1 atom stereocenters. The van der Waals surface area contributed by atoms with Crippen LogP contribution in [0.1, 0.15) is 22.5 Å². The zero-order valence-electron chi connectivity index (χ0n) is 15.7. The van der Waals surface area contributed by atoms with Crippen molar-refractivity contribution in [2.45, 2.75) is 19.0 Å². The lowest BCUT2D eigenvalue weighted by Gasteiger charge is -2.17. The molecule has 1 saturated heterocycles. The zero-order chi connectivity index (χ0) is 19.2. The second-order valence-corrected chi connectivity index (χ2v) is 6.93. The normalized spacial score (nSPS) is 16.7. The third-order valence-electron chi connectivity index (χ3n) is 4.50. The fourth-order valence-corrected chi connectivity index (χ4v) is 3.14. The number of likely N-dealkylation sites (tertiary alicyclic amines) is 1. The molecule has 0 aliphatic carbocycles. The Kier molecular flexibility index (Phi) is 6.03. The molecule has 1 aromatic heterocycles. The fourth-order valence-electron chi connectivity index (χ4n) is 3.14. The van der Waals surface area contributed by atoms with Crippen molar-refractivity contribution in [1.82, 2.24) is 20.1 Å². The first-order valence-electron chi connectivity index (χ1n) is 9.03. The highest BCUT2D eigenvalue weighted by Crippen LogP contribution is 2.14. The number of hydrogen-bond acceptors (Lipinski definition) is 4. The van der Waals surface area contributed by atoms with Gasteiger partial charge in [0.2, 0.25) is 0 Å². The van der Waals surface area contributed by atoms with Gasteiger partial charge in [0.1, 0.15) is 5.69 Å². The van der Waals surface area contributed by atoms with Crippen molar-refractivity contribution < 1.29 is 9.59 Å². The Bertz CT molecular complexity index is 794. The number of carbonyl (C=O) groups is 2. The molecule has 3 amide bonds. The number of hydrogen-bond donors (Lipinski definition) is 2. The highest BCUT2D eigenvalue weighted by atomic mass is 16.2. The van der Waals surface area contributed by atoms with E-state index >= 15 is 0 Å². The van der Waals surface area contributed by atoms with Gasteiger partial charge in [-0.15, -0.1) is 0 Å². The number of nitrogens with zero attached hydrogens (tertiary/aromatic N) is 3. The zero-order valence-corrected chi connectivity index (χ0v) is 15.7. The largest absolute Gasteiger partial charge is 0.343 e. The van der Waals surface area contributed by atoms with Gasteiger partial charge in [0.25, 0.3) is 5.91 Å². The molecule has 1 aliphatic rings. The summed E-state index contributed by atoms with van der Waals surface area (Å²) in [5, 5.41) is 5.80. The fraction of sp³-hybridized carbons (Fsp3) is 0.350. The van der Waals surface area contributed by atoms with Crippen LogP contribution in [0.4, 0.5) is 10.5 Å². The molecule has 7 heteroatoms. The molecule has 0 spiro atoms. The highest BCUT2D eigenvalue weighted by molar-refractivity contribution is 5.95. The summed E-state index contributed by atoms with van der Waals surface area (Å²) in [6.07, 6.45) is 2.43. The van der Waals surface area contributed by atoms with Crippen LogP contribution in [0.3, 0.4) is 0 Å². The van der Waals surface area contributed by atoms with Gasteiger partial charge in [-0.3, -0.25) is 14.7 Å². The number of carbonyl (C=O) groups excluding carboxylic acids is 2. The van der Waals surface area contributed by atoms with E-state index in [0.29, 0.717) is 11.4 Å². The van der Waals surface area contributed by atoms with Crippen molar-refractivity contribution in [3.63, 3.8) is 0 Å². The second kappa shape index (κ2) is 8.64. The van der Waals surface area contributed by atoms with E-state index in [0.717, 1.165) is 26.1 Å². The third kappa shape index (κ3) is 5.27. The first-order valence-corrected chi connectivity index (χ1v) is 9.03. The average molecular weight is 367 g/mol.